The standard InChI is InChI=1S/C11H13N3O2S2/c1-7-9(10(15)16-3)13-11(18-7)14(2)4-8-5-17-6-12-8/h5-6H,4H2,1-3H3. The summed E-state index contributed by atoms with van der Waals surface area (Å²) in [5.74, 6) is -0.392. The minimum Gasteiger partial charge on any atom is -0.464 e. The molecule has 2 rings (SSSR count). The second-order valence-corrected chi connectivity index (χ2v) is 5.63. The Morgan fingerprint density at radius 3 is 2.94 bits per heavy atom. The van der Waals surface area contributed by atoms with Crippen LogP contribution in [0.25, 0.3) is 0 Å². The van der Waals surface area contributed by atoms with Gasteiger partial charge in [0.1, 0.15) is 0 Å². The van der Waals surface area contributed by atoms with Crippen molar-refractivity contribution in [2.75, 3.05) is 19.1 Å². The predicted molar refractivity (Wildman–Crippen MR) is 72.4 cm³/mol. The number of aromatic nitrogens is 2. The Bertz CT molecular complexity index is 536. The molecule has 7 heteroatoms. The lowest BCUT2D eigenvalue weighted by atomic mass is 10.4. The van der Waals surface area contributed by atoms with Crippen LogP contribution in [0.15, 0.2) is 10.9 Å². The molecular formula is C11H13N3O2S2. The van der Waals surface area contributed by atoms with Crippen LogP contribution in [0.4, 0.5) is 5.13 Å². The molecule has 0 atom stereocenters. The highest BCUT2D eigenvalue weighted by molar-refractivity contribution is 7.15. The van der Waals surface area contributed by atoms with Crippen LogP contribution in [0.1, 0.15) is 21.1 Å². The number of anilines is 1. The molecule has 0 N–H and O–H groups in total. The zero-order chi connectivity index (χ0) is 13.1. The van der Waals surface area contributed by atoms with Gasteiger partial charge in [-0.25, -0.2) is 14.8 Å². The van der Waals surface area contributed by atoms with Crippen molar-refractivity contribution in [1.82, 2.24) is 9.97 Å². The number of aryl methyl sites for hydroxylation is 1. The Morgan fingerprint density at radius 2 is 2.33 bits per heavy atom. The molecule has 0 fully saturated rings. The van der Waals surface area contributed by atoms with Crippen LogP contribution in [0.5, 0.6) is 0 Å². The summed E-state index contributed by atoms with van der Waals surface area (Å²) in [5.41, 5.74) is 3.19. The number of rotatable bonds is 4. The van der Waals surface area contributed by atoms with Gasteiger partial charge in [0.2, 0.25) is 0 Å². The quantitative estimate of drug-likeness (QED) is 0.806. The van der Waals surface area contributed by atoms with E-state index in [9.17, 15) is 4.79 Å². The molecule has 0 unspecified atom stereocenters. The van der Waals surface area contributed by atoms with Crippen LogP contribution in [-0.2, 0) is 11.3 Å². The molecule has 0 amide bonds. The smallest absolute Gasteiger partial charge is 0.357 e. The number of ether oxygens (including phenoxy) is 1. The largest absolute Gasteiger partial charge is 0.464 e. The summed E-state index contributed by atoms with van der Waals surface area (Å²) in [4.78, 5) is 22.8. The monoisotopic (exact) mass is 283 g/mol. The predicted octanol–water partition coefficient (Wildman–Crippen LogP) is 2.33. The first-order chi connectivity index (χ1) is 8.61. The molecule has 2 heterocycles. The number of carbonyl (C=O) groups is 1. The highest BCUT2D eigenvalue weighted by Gasteiger charge is 2.18. The molecule has 96 valence electrons. The summed E-state index contributed by atoms with van der Waals surface area (Å²) < 4.78 is 4.69. The van der Waals surface area contributed by atoms with E-state index in [0.29, 0.717) is 12.2 Å². The van der Waals surface area contributed by atoms with Gasteiger partial charge < -0.3 is 9.64 Å². The van der Waals surface area contributed by atoms with Crippen molar-refractivity contribution in [3.05, 3.63) is 27.2 Å². The third-order valence-corrected chi connectivity index (χ3v) is 4.09. The van der Waals surface area contributed by atoms with Crippen LogP contribution in [0.2, 0.25) is 0 Å². The average molecular weight is 283 g/mol. The van der Waals surface area contributed by atoms with Gasteiger partial charge in [0.25, 0.3) is 0 Å². The molecule has 0 saturated heterocycles. The van der Waals surface area contributed by atoms with Crippen molar-refractivity contribution < 1.29 is 9.53 Å². The highest BCUT2D eigenvalue weighted by Crippen LogP contribution is 2.26. The van der Waals surface area contributed by atoms with E-state index in [4.69, 9.17) is 4.74 Å². The molecule has 0 aliphatic heterocycles. The van der Waals surface area contributed by atoms with Gasteiger partial charge in [0.05, 0.1) is 24.9 Å². The zero-order valence-corrected chi connectivity index (χ0v) is 12.0. The number of carbonyl (C=O) groups excluding carboxylic acids is 1. The number of nitrogens with zero attached hydrogens (tertiary/aromatic N) is 3. The number of methoxy groups -OCH3 is 1. The fourth-order valence-electron chi connectivity index (χ4n) is 1.46. The highest BCUT2D eigenvalue weighted by atomic mass is 32.1. The van der Waals surface area contributed by atoms with Crippen LogP contribution < -0.4 is 4.90 Å². The van der Waals surface area contributed by atoms with Gasteiger partial charge in [-0.3, -0.25) is 0 Å². The van der Waals surface area contributed by atoms with Crippen LogP contribution in [0, 0.1) is 6.92 Å². The second kappa shape index (κ2) is 5.45. The van der Waals surface area contributed by atoms with E-state index in [0.717, 1.165) is 15.7 Å². The van der Waals surface area contributed by atoms with Gasteiger partial charge in [-0.15, -0.1) is 22.7 Å². The summed E-state index contributed by atoms with van der Waals surface area (Å²) in [5, 5.41) is 2.79. The molecule has 0 saturated carbocycles. The lowest BCUT2D eigenvalue weighted by Crippen LogP contribution is -2.16. The Balaban J connectivity index is 2.16. The summed E-state index contributed by atoms with van der Waals surface area (Å²) >= 11 is 3.04. The van der Waals surface area contributed by atoms with E-state index in [1.54, 1.807) is 16.8 Å². The van der Waals surface area contributed by atoms with Crippen molar-refractivity contribution in [3.8, 4) is 0 Å². The fraction of sp³-hybridized carbons (Fsp3) is 0.364. The summed E-state index contributed by atoms with van der Waals surface area (Å²) in [6, 6.07) is 0. The number of thiazole rings is 2. The first kappa shape index (κ1) is 13.0. The molecule has 0 aromatic carbocycles. The molecule has 18 heavy (non-hydrogen) atoms. The topological polar surface area (TPSA) is 55.3 Å². The molecule has 0 bridgehead atoms. The van der Waals surface area contributed by atoms with Crippen LogP contribution in [0.3, 0.4) is 0 Å². The van der Waals surface area contributed by atoms with Crippen molar-refractivity contribution in [2.24, 2.45) is 0 Å². The second-order valence-electron chi connectivity index (χ2n) is 3.73. The SMILES string of the molecule is COC(=O)c1nc(N(C)Cc2cscn2)sc1C. The van der Waals surface area contributed by atoms with Crippen molar-refractivity contribution >= 4 is 33.8 Å². The first-order valence-corrected chi connectivity index (χ1v) is 7.01. The Hall–Kier alpha value is -1.47. The molecule has 0 aliphatic carbocycles. The van der Waals surface area contributed by atoms with E-state index in [-0.39, 0.29) is 0 Å². The van der Waals surface area contributed by atoms with Crippen LogP contribution in [-0.4, -0.2) is 30.1 Å². The van der Waals surface area contributed by atoms with E-state index in [1.165, 1.54) is 18.4 Å². The normalized spacial score (nSPS) is 10.4. The third-order valence-electron chi connectivity index (χ3n) is 2.37. The van der Waals surface area contributed by atoms with Crippen molar-refractivity contribution in [2.45, 2.75) is 13.5 Å². The molecule has 5 nitrogen and oxygen atoms in total. The van der Waals surface area contributed by atoms with Crippen LogP contribution >= 0.6 is 22.7 Å². The average Bonchev–Trinajstić information content (AvgIpc) is 2.97. The third kappa shape index (κ3) is 2.68. The minimum atomic E-state index is -0.392. The Kier molecular flexibility index (Phi) is 3.93. The van der Waals surface area contributed by atoms with Gasteiger partial charge in [0, 0.05) is 17.3 Å². The van der Waals surface area contributed by atoms with Gasteiger partial charge in [-0.2, -0.15) is 0 Å². The van der Waals surface area contributed by atoms with E-state index >= 15 is 0 Å². The van der Waals surface area contributed by atoms with E-state index in [2.05, 4.69) is 9.97 Å². The van der Waals surface area contributed by atoms with Gasteiger partial charge >= 0.3 is 5.97 Å². The van der Waals surface area contributed by atoms with E-state index < -0.39 is 5.97 Å². The first-order valence-electron chi connectivity index (χ1n) is 5.25. The maximum Gasteiger partial charge on any atom is 0.357 e. The van der Waals surface area contributed by atoms with Crippen molar-refractivity contribution in [3.63, 3.8) is 0 Å². The lowest BCUT2D eigenvalue weighted by Gasteiger charge is -2.13. The van der Waals surface area contributed by atoms with Gasteiger partial charge in [-0.1, -0.05) is 0 Å². The summed E-state index contributed by atoms with van der Waals surface area (Å²) in [6.07, 6.45) is 0. The number of hydrogen-bond donors (Lipinski definition) is 0. The molecule has 0 aliphatic rings. The molecule has 0 spiro atoms. The van der Waals surface area contributed by atoms with Gasteiger partial charge in [-0.05, 0) is 6.92 Å². The molecular weight excluding hydrogens is 270 g/mol. The molecule has 0 radical (unpaired) electrons. The van der Waals surface area contributed by atoms with Gasteiger partial charge in [0.15, 0.2) is 10.8 Å². The Labute approximate surface area is 113 Å². The molecule has 2 aromatic rings. The van der Waals surface area contributed by atoms with Crippen molar-refractivity contribution in [1.29, 1.82) is 0 Å². The molecule has 2 aromatic heterocycles. The summed E-state index contributed by atoms with van der Waals surface area (Å²) in [6.45, 7) is 2.54. The number of hydrogen-bond acceptors (Lipinski definition) is 7. The zero-order valence-electron chi connectivity index (χ0n) is 10.3. The maximum atomic E-state index is 11.5. The minimum absolute atomic E-state index is 0.391. The fourth-order valence-corrected chi connectivity index (χ4v) is 2.86. The Morgan fingerprint density at radius 1 is 1.56 bits per heavy atom. The lowest BCUT2D eigenvalue weighted by molar-refractivity contribution is 0.0594. The van der Waals surface area contributed by atoms with E-state index in [1.807, 2.05) is 24.3 Å². The number of esters is 1. The summed E-state index contributed by atoms with van der Waals surface area (Å²) in [7, 11) is 3.29. The maximum absolute atomic E-state index is 11.5.